The fourth-order valence-corrected chi connectivity index (χ4v) is 1.85. The molecule has 0 aliphatic carbocycles. The Bertz CT molecular complexity index is 371. The third-order valence-electron chi connectivity index (χ3n) is 3.31. The highest BCUT2D eigenvalue weighted by Gasteiger charge is 2.31. The van der Waals surface area contributed by atoms with Crippen LogP contribution < -0.4 is 5.32 Å². The van der Waals surface area contributed by atoms with Crippen LogP contribution in [0.4, 0.5) is 0 Å². The molecule has 3 atom stereocenters. The lowest BCUT2D eigenvalue weighted by Gasteiger charge is -2.26. The first kappa shape index (κ1) is 15.1. The summed E-state index contributed by atoms with van der Waals surface area (Å²) >= 11 is 0. The van der Waals surface area contributed by atoms with Crippen molar-refractivity contribution in [1.82, 2.24) is 15.5 Å². The molecule has 0 spiro atoms. The second-order valence-corrected chi connectivity index (χ2v) is 5.84. The number of rotatable bonds is 5. The quantitative estimate of drug-likeness (QED) is 0.876. The van der Waals surface area contributed by atoms with Gasteiger partial charge in [-0.25, -0.2) is 0 Å². The Morgan fingerprint density at radius 3 is 2.33 bits per heavy atom. The standard InChI is InChI=1S/C13H25N3O2/c1-8(9(2)14-6)12-15-11(16-18-12)10(17-7)13(3,4)5/h8-10,14H,1-7H3. The predicted molar refractivity (Wildman–Crippen MR) is 70.4 cm³/mol. The average Bonchev–Trinajstić information content (AvgIpc) is 2.75. The molecule has 1 aromatic heterocycles. The lowest BCUT2D eigenvalue weighted by Crippen LogP contribution is -2.27. The molecule has 18 heavy (non-hydrogen) atoms. The van der Waals surface area contributed by atoms with Crippen molar-refractivity contribution >= 4 is 0 Å². The topological polar surface area (TPSA) is 60.2 Å². The molecule has 104 valence electrons. The summed E-state index contributed by atoms with van der Waals surface area (Å²) in [5.74, 6) is 1.45. The molecule has 0 aliphatic rings. The number of ether oxygens (including phenoxy) is 1. The van der Waals surface area contributed by atoms with Crippen molar-refractivity contribution in [2.24, 2.45) is 5.41 Å². The van der Waals surface area contributed by atoms with Crippen LogP contribution >= 0.6 is 0 Å². The average molecular weight is 255 g/mol. The SMILES string of the molecule is CNC(C)C(C)c1nc(C(OC)C(C)(C)C)no1. The molecule has 5 heteroatoms. The van der Waals surface area contributed by atoms with Gasteiger partial charge in [0.2, 0.25) is 11.7 Å². The summed E-state index contributed by atoms with van der Waals surface area (Å²) in [6.07, 6.45) is -0.160. The second-order valence-electron chi connectivity index (χ2n) is 5.84. The fraction of sp³-hybridized carbons (Fsp3) is 0.846. The van der Waals surface area contributed by atoms with Crippen LogP contribution in [0.2, 0.25) is 0 Å². The molecule has 0 aromatic carbocycles. The summed E-state index contributed by atoms with van der Waals surface area (Å²) < 4.78 is 10.8. The third kappa shape index (κ3) is 3.29. The Morgan fingerprint density at radius 1 is 1.28 bits per heavy atom. The zero-order chi connectivity index (χ0) is 13.9. The molecule has 0 fully saturated rings. The van der Waals surface area contributed by atoms with Crippen LogP contribution in [0.3, 0.4) is 0 Å². The first-order valence-corrected chi connectivity index (χ1v) is 6.34. The van der Waals surface area contributed by atoms with Gasteiger partial charge in [0.1, 0.15) is 6.10 Å². The minimum Gasteiger partial charge on any atom is -0.373 e. The third-order valence-corrected chi connectivity index (χ3v) is 3.31. The highest BCUT2D eigenvalue weighted by Crippen LogP contribution is 2.34. The summed E-state index contributed by atoms with van der Waals surface area (Å²) in [5.41, 5.74) is -0.0618. The Morgan fingerprint density at radius 2 is 1.89 bits per heavy atom. The van der Waals surface area contributed by atoms with Gasteiger partial charge in [-0.1, -0.05) is 32.9 Å². The van der Waals surface area contributed by atoms with Gasteiger partial charge in [-0.15, -0.1) is 0 Å². The zero-order valence-corrected chi connectivity index (χ0v) is 12.4. The smallest absolute Gasteiger partial charge is 0.231 e. The van der Waals surface area contributed by atoms with Crippen molar-refractivity contribution in [1.29, 1.82) is 0 Å². The van der Waals surface area contributed by atoms with E-state index in [2.05, 4.69) is 50.1 Å². The van der Waals surface area contributed by atoms with Crippen LogP contribution in [0.25, 0.3) is 0 Å². The van der Waals surface area contributed by atoms with Gasteiger partial charge in [-0.2, -0.15) is 4.98 Å². The van der Waals surface area contributed by atoms with Crippen molar-refractivity contribution in [2.45, 2.75) is 52.7 Å². The monoisotopic (exact) mass is 255 g/mol. The number of hydrogen-bond acceptors (Lipinski definition) is 5. The first-order chi connectivity index (χ1) is 8.31. The fourth-order valence-electron chi connectivity index (χ4n) is 1.85. The van der Waals surface area contributed by atoms with Crippen LogP contribution in [0, 0.1) is 5.41 Å². The minimum absolute atomic E-state index is 0.0618. The molecule has 1 heterocycles. The van der Waals surface area contributed by atoms with Crippen LogP contribution in [-0.4, -0.2) is 30.3 Å². The van der Waals surface area contributed by atoms with E-state index in [1.54, 1.807) is 7.11 Å². The number of aromatic nitrogens is 2. The van der Waals surface area contributed by atoms with Gasteiger partial charge in [-0.05, 0) is 19.4 Å². The van der Waals surface area contributed by atoms with Crippen molar-refractivity contribution in [3.63, 3.8) is 0 Å². The molecule has 0 radical (unpaired) electrons. The van der Waals surface area contributed by atoms with E-state index < -0.39 is 0 Å². The number of methoxy groups -OCH3 is 1. The number of nitrogens with zero attached hydrogens (tertiary/aromatic N) is 2. The van der Waals surface area contributed by atoms with E-state index in [9.17, 15) is 0 Å². The van der Waals surface area contributed by atoms with Crippen molar-refractivity contribution < 1.29 is 9.26 Å². The van der Waals surface area contributed by atoms with Gasteiger partial charge >= 0.3 is 0 Å². The normalized spacial score (nSPS) is 17.5. The van der Waals surface area contributed by atoms with Gasteiger partial charge in [0.15, 0.2) is 0 Å². The van der Waals surface area contributed by atoms with Crippen molar-refractivity contribution in [3.05, 3.63) is 11.7 Å². The maximum absolute atomic E-state index is 5.48. The van der Waals surface area contributed by atoms with Crippen LogP contribution in [-0.2, 0) is 4.74 Å². The summed E-state index contributed by atoms with van der Waals surface area (Å²) in [5, 5.41) is 7.24. The largest absolute Gasteiger partial charge is 0.373 e. The Labute approximate surface area is 109 Å². The van der Waals surface area contributed by atoms with E-state index in [1.165, 1.54) is 0 Å². The van der Waals surface area contributed by atoms with E-state index in [-0.39, 0.29) is 23.5 Å². The number of nitrogens with one attached hydrogen (secondary N) is 1. The lowest BCUT2D eigenvalue weighted by atomic mass is 9.88. The maximum atomic E-state index is 5.48. The highest BCUT2D eigenvalue weighted by molar-refractivity contribution is 5.01. The lowest BCUT2D eigenvalue weighted by molar-refractivity contribution is 0.00718. The van der Waals surface area contributed by atoms with E-state index in [1.807, 2.05) is 7.05 Å². The van der Waals surface area contributed by atoms with Gasteiger partial charge in [0.05, 0.1) is 5.92 Å². The number of likely N-dealkylation sites (N-methyl/N-ethyl adjacent to an activating group) is 1. The first-order valence-electron chi connectivity index (χ1n) is 6.34. The van der Waals surface area contributed by atoms with E-state index >= 15 is 0 Å². The zero-order valence-electron chi connectivity index (χ0n) is 12.4. The molecule has 1 aromatic rings. The Hall–Kier alpha value is -0.940. The second kappa shape index (κ2) is 5.80. The van der Waals surface area contributed by atoms with Crippen LogP contribution in [0.15, 0.2) is 4.52 Å². The maximum Gasteiger partial charge on any atom is 0.231 e. The predicted octanol–water partition coefficient (Wildman–Crippen LogP) is 2.51. The molecule has 0 amide bonds. The van der Waals surface area contributed by atoms with Gasteiger partial charge in [0.25, 0.3) is 0 Å². The van der Waals surface area contributed by atoms with E-state index in [0.29, 0.717) is 11.7 Å². The molecule has 1 N–H and O–H groups in total. The molecule has 0 saturated carbocycles. The minimum atomic E-state index is -0.160. The van der Waals surface area contributed by atoms with E-state index in [0.717, 1.165) is 0 Å². The van der Waals surface area contributed by atoms with Crippen molar-refractivity contribution in [2.75, 3.05) is 14.2 Å². The molecular formula is C13H25N3O2. The van der Waals surface area contributed by atoms with Gasteiger partial charge in [0, 0.05) is 13.2 Å². The highest BCUT2D eigenvalue weighted by atomic mass is 16.5. The summed E-state index contributed by atoms with van der Waals surface area (Å²) in [7, 11) is 3.59. The van der Waals surface area contributed by atoms with E-state index in [4.69, 9.17) is 9.26 Å². The summed E-state index contributed by atoms with van der Waals surface area (Å²) in [6.45, 7) is 10.4. The van der Waals surface area contributed by atoms with Crippen molar-refractivity contribution in [3.8, 4) is 0 Å². The van der Waals surface area contributed by atoms with Gasteiger partial charge < -0.3 is 14.6 Å². The Balaban J connectivity index is 2.92. The molecule has 0 saturated heterocycles. The summed E-state index contributed by atoms with van der Waals surface area (Å²) in [4.78, 5) is 4.47. The summed E-state index contributed by atoms with van der Waals surface area (Å²) in [6, 6.07) is 0.286. The van der Waals surface area contributed by atoms with Crippen LogP contribution in [0.1, 0.15) is 58.4 Å². The van der Waals surface area contributed by atoms with Crippen LogP contribution in [0.5, 0.6) is 0 Å². The Kier molecular flexibility index (Phi) is 4.87. The number of hydrogen-bond donors (Lipinski definition) is 1. The van der Waals surface area contributed by atoms with Gasteiger partial charge in [-0.3, -0.25) is 0 Å². The molecule has 1 rings (SSSR count). The molecule has 0 aliphatic heterocycles. The molecule has 0 bridgehead atoms. The molecule has 5 nitrogen and oxygen atoms in total. The molecular weight excluding hydrogens is 230 g/mol. The molecule has 3 unspecified atom stereocenters.